The van der Waals surface area contributed by atoms with E-state index in [-0.39, 0.29) is 35.6 Å². The molecule has 0 spiro atoms. The minimum atomic E-state index is -3.67. The lowest BCUT2D eigenvalue weighted by atomic mass is 9.97. The summed E-state index contributed by atoms with van der Waals surface area (Å²) in [5.41, 5.74) is 1.34. The summed E-state index contributed by atoms with van der Waals surface area (Å²) >= 11 is 1.12. The molecule has 4 rings (SSSR count). The minimum absolute atomic E-state index is 0.118. The molecule has 1 amide bonds. The Labute approximate surface area is 190 Å². The maximum Gasteiger partial charge on any atom is 0.243 e. The molecule has 1 saturated heterocycles. The third kappa shape index (κ3) is 4.77. The fourth-order valence-corrected chi connectivity index (χ4v) is 5.62. The average molecular weight is 471 g/mol. The molecule has 0 saturated carbocycles. The number of hydrogen-bond acceptors (Lipinski definition) is 7. The van der Waals surface area contributed by atoms with Crippen LogP contribution in [0.15, 0.2) is 59.5 Å². The van der Waals surface area contributed by atoms with Crippen molar-refractivity contribution in [2.75, 3.05) is 18.4 Å². The number of Topliss-reactive ketones (excluding diaryl/α,β-unsaturated/α-hetero) is 1. The van der Waals surface area contributed by atoms with E-state index < -0.39 is 10.0 Å². The summed E-state index contributed by atoms with van der Waals surface area (Å²) in [4.78, 5) is 28.6. The third-order valence-corrected chi connectivity index (χ3v) is 7.95. The molecule has 8 nitrogen and oxygen atoms in total. The normalized spacial score (nSPS) is 15.4. The molecule has 1 aliphatic heterocycles. The Balaban J connectivity index is 1.35. The predicted octanol–water partition coefficient (Wildman–Crippen LogP) is 3.45. The van der Waals surface area contributed by atoms with Crippen LogP contribution in [-0.4, -0.2) is 46.9 Å². The van der Waals surface area contributed by atoms with Crippen LogP contribution in [-0.2, 0) is 14.8 Å². The van der Waals surface area contributed by atoms with Crippen molar-refractivity contribution in [1.29, 1.82) is 0 Å². The maximum absolute atomic E-state index is 12.9. The van der Waals surface area contributed by atoms with Gasteiger partial charge in [0.15, 0.2) is 11.6 Å². The molecule has 2 aromatic carbocycles. The second-order valence-corrected chi connectivity index (χ2v) is 10.2. The van der Waals surface area contributed by atoms with Gasteiger partial charge in [-0.2, -0.15) is 13.7 Å². The lowest BCUT2D eigenvalue weighted by Gasteiger charge is -2.30. The average Bonchev–Trinajstić information content (AvgIpc) is 3.28. The summed E-state index contributed by atoms with van der Waals surface area (Å²) in [6, 6.07) is 15.4. The number of anilines is 1. The highest BCUT2D eigenvalue weighted by Gasteiger charge is 2.32. The number of rotatable bonds is 6. The van der Waals surface area contributed by atoms with Gasteiger partial charge in [-0.25, -0.2) is 8.42 Å². The van der Waals surface area contributed by atoms with Crippen molar-refractivity contribution >= 4 is 38.4 Å². The van der Waals surface area contributed by atoms with Gasteiger partial charge in [-0.3, -0.25) is 9.59 Å². The van der Waals surface area contributed by atoms with Crippen LogP contribution in [0.1, 0.15) is 30.1 Å². The van der Waals surface area contributed by atoms with Crippen molar-refractivity contribution in [3.63, 3.8) is 0 Å². The van der Waals surface area contributed by atoms with Crippen LogP contribution in [0, 0.1) is 5.92 Å². The monoisotopic (exact) mass is 470 g/mol. The van der Waals surface area contributed by atoms with Crippen molar-refractivity contribution in [3.05, 3.63) is 60.2 Å². The molecule has 0 radical (unpaired) electrons. The maximum atomic E-state index is 12.9. The topological polar surface area (TPSA) is 109 Å². The molecule has 2 heterocycles. The molecular weight excluding hydrogens is 448 g/mol. The van der Waals surface area contributed by atoms with Gasteiger partial charge < -0.3 is 5.32 Å². The van der Waals surface area contributed by atoms with Crippen LogP contribution in [0.4, 0.5) is 5.13 Å². The zero-order chi connectivity index (χ0) is 22.7. The standard InChI is InChI=1S/C22H22N4O4S2/c1-15(27)16-7-9-19(10-8-16)32(29,30)26-13-11-18(12-14-26)21(28)24-22-23-20(25-31-22)17-5-3-2-4-6-17/h2-10,18H,11-14H2,1H3,(H,23,24,25,28). The first-order valence-electron chi connectivity index (χ1n) is 10.2. The molecule has 3 aromatic rings. The van der Waals surface area contributed by atoms with Gasteiger partial charge in [0.2, 0.25) is 21.1 Å². The highest BCUT2D eigenvalue weighted by molar-refractivity contribution is 7.89. The van der Waals surface area contributed by atoms with Crippen molar-refractivity contribution in [1.82, 2.24) is 13.7 Å². The summed E-state index contributed by atoms with van der Waals surface area (Å²) in [5.74, 6) is -0.0380. The number of amides is 1. The number of sulfonamides is 1. The Morgan fingerprint density at radius 2 is 1.69 bits per heavy atom. The number of ketones is 1. The van der Waals surface area contributed by atoms with E-state index in [1.165, 1.54) is 35.5 Å². The Morgan fingerprint density at radius 3 is 2.31 bits per heavy atom. The first kappa shape index (κ1) is 22.3. The van der Waals surface area contributed by atoms with Gasteiger partial charge in [-0.15, -0.1) is 0 Å². The van der Waals surface area contributed by atoms with E-state index in [0.29, 0.717) is 29.4 Å². The number of nitrogens with one attached hydrogen (secondary N) is 1. The molecule has 1 N–H and O–H groups in total. The molecule has 0 unspecified atom stereocenters. The van der Waals surface area contributed by atoms with Gasteiger partial charge in [0.1, 0.15) is 0 Å². The first-order chi connectivity index (χ1) is 15.3. The Morgan fingerprint density at radius 1 is 1.03 bits per heavy atom. The summed E-state index contributed by atoms with van der Waals surface area (Å²) < 4.78 is 31.5. The number of nitrogens with zero attached hydrogens (tertiary/aromatic N) is 3. The molecule has 0 aliphatic carbocycles. The minimum Gasteiger partial charge on any atom is -0.300 e. The summed E-state index contributed by atoms with van der Waals surface area (Å²) in [5, 5.41) is 3.24. The van der Waals surface area contributed by atoms with Gasteiger partial charge in [-0.05, 0) is 31.9 Å². The molecule has 1 aliphatic rings. The van der Waals surface area contributed by atoms with Crippen molar-refractivity contribution < 1.29 is 18.0 Å². The van der Waals surface area contributed by atoms with Crippen LogP contribution in [0.2, 0.25) is 0 Å². The van der Waals surface area contributed by atoms with Crippen LogP contribution >= 0.6 is 11.5 Å². The van der Waals surface area contributed by atoms with E-state index in [1.54, 1.807) is 0 Å². The zero-order valence-electron chi connectivity index (χ0n) is 17.4. The Hall–Kier alpha value is -2.95. The quantitative estimate of drug-likeness (QED) is 0.553. The lowest BCUT2D eigenvalue weighted by molar-refractivity contribution is -0.120. The molecule has 0 bridgehead atoms. The fourth-order valence-electron chi connectivity index (χ4n) is 3.56. The highest BCUT2D eigenvalue weighted by Crippen LogP contribution is 2.26. The van der Waals surface area contributed by atoms with Crippen molar-refractivity contribution in [3.8, 4) is 11.4 Å². The fraction of sp³-hybridized carbons (Fsp3) is 0.273. The number of benzene rings is 2. The Bertz CT molecular complexity index is 1220. The number of piperidine rings is 1. The van der Waals surface area contributed by atoms with Gasteiger partial charge >= 0.3 is 0 Å². The van der Waals surface area contributed by atoms with Crippen molar-refractivity contribution in [2.24, 2.45) is 5.92 Å². The predicted molar refractivity (Wildman–Crippen MR) is 122 cm³/mol. The number of hydrogen-bond donors (Lipinski definition) is 1. The van der Waals surface area contributed by atoms with Gasteiger partial charge in [-0.1, -0.05) is 42.5 Å². The van der Waals surface area contributed by atoms with E-state index in [1.807, 2.05) is 30.3 Å². The van der Waals surface area contributed by atoms with Gasteiger partial charge in [0.25, 0.3) is 0 Å². The zero-order valence-corrected chi connectivity index (χ0v) is 19.0. The third-order valence-electron chi connectivity index (χ3n) is 5.41. The summed E-state index contributed by atoms with van der Waals surface area (Å²) in [6.45, 7) is 1.93. The lowest BCUT2D eigenvalue weighted by Crippen LogP contribution is -2.41. The smallest absolute Gasteiger partial charge is 0.243 e. The van der Waals surface area contributed by atoms with E-state index in [9.17, 15) is 18.0 Å². The number of aromatic nitrogens is 2. The van der Waals surface area contributed by atoms with Gasteiger partial charge in [0.05, 0.1) is 4.90 Å². The largest absolute Gasteiger partial charge is 0.300 e. The first-order valence-corrected chi connectivity index (χ1v) is 12.4. The molecular formula is C22H22N4O4S2. The van der Waals surface area contributed by atoms with E-state index in [0.717, 1.165) is 17.1 Å². The second-order valence-electron chi connectivity index (χ2n) is 7.54. The molecule has 32 heavy (non-hydrogen) atoms. The summed E-state index contributed by atoms with van der Waals surface area (Å²) in [6.07, 6.45) is 0.835. The van der Waals surface area contributed by atoms with Crippen LogP contribution < -0.4 is 5.32 Å². The SMILES string of the molecule is CC(=O)c1ccc(S(=O)(=O)N2CCC(C(=O)Nc3nc(-c4ccccc4)ns3)CC2)cc1. The highest BCUT2D eigenvalue weighted by atomic mass is 32.2. The summed E-state index contributed by atoms with van der Waals surface area (Å²) in [7, 11) is -3.67. The Kier molecular flexibility index (Phi) is 6.45. The van der Waals surface area contributed by atoms with Gasteiger partial charge in [0, 0.05) is 41.7 Å². The number of carbonyl (C=O) groups excluding carboxylic acids is 2. The molecule has 0 atom stereocenters. The van der Waals surface area contributed by atoms with Crippen LogP contribution in [0.5, 0.6) is 0 Å². The van der Waals surface area contributed by atoms with E-state index in [4.69, 9.17) is 0 Å². The molecule has 10 heteroatoms. The molecule has 1 aromatic heterocycles. The van der Waals surface area contributed by atoms with Crippen LogP contribution in [0.3, 0.4) is 0 Å². The van der Waals surface area contributed by atoms with E-state index in [2.05, 4.69) is 14.7 Å². The molecule has 166 valence electrons. The van der Waals surface area contributed by atoms with E-state index >= 15 is 0 Å². The molecule has 1 fully saturated rings. The number of carbonyl (C=O) groups is 2. The second kappa shape index (κ2) is 9.27. The van der Waals surface area contributed by atoms with Crippen LogP contribution in [0.25, 0.3) is 11.4 Å². The van der Waals surface area contributed by atoms with Crippen molar-refractivity contribution in [2.45, 2.75) is 24.7 Å².